The molecule has 5 heteroatoms. The van der Waals surface area contributed by atoms with Crippen molar-refractivity contribution in [3.63, 3.8) is 0 Å². The summed E-state index contributed by atoms with van der Waals surface area (Å²) in [5.41, 5.74) is 7.49. The Kier molecular flexibility index (Phi) is 2.58. The summed E-state index contributed by atoms with van der Waals surface area (Å²) in [7, 11) is 0. The summed E-state index contributed by atoms with van der Waals surface area (Å²) in [4.78, 5) is 14.6. The van der Waals surface area contributed by atoms with E-state index >= 15 is 0 Å². The van der Waals surface area contributed by atoms with Gasteiger partial charge in [0.15, 0.2) is 0 Å². The first-order valence-corrected chi connectivity index (χ1v) is 5.66. The van der Waals surface area contributed by atoms with Crippen LogP contribution in [0.4, 0.5) is 0 Å². The number of aryl methyl sites for hydroxylation is 1. The van der Waals surface area contributed by atoms with E-state index in [2.05, 4.69) is 10.1 Å². The van der Waals surface area contributed by atoms with Gasteiger partial charge < -0.3 is 10.7 Å². The van der Waals surface area contributed by atoms with Crippen LogP contribution >= 0.6 is 0 Å². The third kappa shape index (κ3) is 1.86. The summed E-state index contributed by atoms with van der Waals surface area (Å²) in [5.74, 6) is 0. The van der Waals surface area contributed by atoms with E-state index in [1.807, 2.05) is 38.4 Å². The number of pyridine rings is 1. The fourth-order valence-corrected chi connectivity index (χ4v) is 1.90. The number of rotatable bonds is 1. The molecule has 0 saturated heterocycles. The minimum Gasteiger partial charge on any atom is -0.326 e. The van der Waals surface area contributed by atoms with Crippen molar-refractivity contribution >= 4 is 11.0 Å². The largest absolute Gasteiger partial charge is 0.326 e. The highest BCUT2D eigenvalue weighted by Crippen LogP contribution is 2.22. The second-order valence-corrected chi connectivity index (χ2v) is 5.26. The second-order valence-electron chi connectivity index (χ2n) is 5.26. The van der Waals surface area contributed by atoms with Crippen molar-refractivity contribution in [2.24, 2.45) is 5.73 Å². The predicted octanol–water partition coefficient (Wildman–Crippen LogP) is 1.25. The number of nitrogens with one attached hydrogen (secondary N) is 1. The number of hydrogen-bond acceptors (Lipinski definition) is 3. The van der Waals surface area contributed by atoms with Crippen LogP contribution in [-0.2, 0) is 12.1 Å². The smallest absolute Gasteiger partial charge is 0.254 e. The Labute approximate surface area is 99.6 Å². The lowest BCUT2D eigenvalue weighted by molar-refractivity contribution is 0.364. The molecule has 17 heavy (non-hydrogen) atoms. The molecule has 0 bridgehead atoms. The SMILES string of the molecule is Cc1nn(C(C)(C)C)c2[nH]c(=O)c(CN)cc12. The number of fused-ring (bicyclic) bond motifs is 1. The molecule has 0 saturated carbocycles. The highest BCUT2D eigenvalue weighted by atomic mass is 16.1. The van der Waals surface area contributed by atoms with E-state index in [1.165, 1.54) is 0 Å². The van der Waals surface area contributed by atoms with Crippen LogP contribution in [0.15, 0.2) is 10.9 Å². The van der Waals surface area contributed by atoms with Crippen LogP contribution in [0, 0.1) is 6.92 Å². The minimum atomic E-state index is -0.167. The third-order valence-electron chi connectivity index (χ3n) is 2.80. The molecule has 3 N–H and O–H groups in total. The van der Waals surface area contributed by atoms with Gasteiger partial charge in [0, 0.05) is 17.5 Å². The third-order valence-corrected chi connectivity index (χ3v) is 2.80. The van der Waals surface area contributed by atoms with E-state index in [0.29, 0.717) is 5.56 Å². The maximum atomic E-state index is 11.8. The molecule has 0 radical (unpaired) electrons. The minimum absolute atomic E-state index is 0.134. The molecule has 0 aliphatic heterocycles. The van der Waals surface area contributed by atoms with Gasteiger partial charge in [0.2, 0.25) is 0 Å². The second kappa shape index (κ2) is 3.70. The Morgan fingerprint density at radius 1 is 1.47 bits per heavy atom. The van der Waals surface area contributed by atoms with Crippen molar-refractivity contribution in [1.29, 1.82) is 0 Å². The molecule has 5 nitrogen and oxygen atoms in total. The van der Waals surface area contributed by atoms with Crippen molar-refractivity contribution in [1.82, 2.24) is 14.8 Å². The maximum Gasteiger partial charge on any atom is 0.254 e. The van der Waals surface area contributed by atoms with Crippen molar-refractivity contribution in [3.05, 3.63) is 27.7 Å². The molecule has 2 heterocycles. The van der Waals surface area contributed by atoms with Crippen LogP contribution in [0.3, 0.4) is 0 Å². The molecular weight excluding hydrogens is 216 g/mol. The monoisotopic (exact) mass is 234 g/mol. The van der Waals surface area contributed by atoms with Crippen molar-refractivity contribution in [2.45, 2.75) is 39.8 Å². The van der Waals surface area contributed by atoms with E-state index in [-0.39, 0.29) is 17.6 Å². The molecule has 0 atom stereocenters. The Morgan fingerprint density at radius 3 is 2.65 bits per heavy atom. The molecule has 0 aliphatic carbocycles. The van der Waals surface area contributed by atoms with Crippen LogP contribution in [-0.4, -0.2) is 14.8 Å². The van der Waals surface area contributed by atoms with Gasteiger partial charge in [-0.15, -0.1) is 0 Å². The van der Waals surface area contributed by atoms with E-state index in [9.17, 15) is 4.79 Å². The molecule has 2 aromatic rings. The summed E-state index contributed by atoms with van der Waals surface area (Å²) in [6.07, 6.45) is 0. The van der Waals surface area contributed by atoms with Gasteiger partial charge in [-0.1, -0.05) is 0 Å². The van der Waals surface area contributed by atoms with Crippen molar-refractivity contribution in [2.75, 3.05) is 0 Å². The Balaban J connectivity index is 2.84. The first kappa shape index (κ1) is 11.9. The highest BCUT2D eigenvalue weighted by Gasteiger charge is 2.20. The van der Waals surface area contributed by atoms with Gasteiger partial charge in [0.05, 0.1) is 11.2 Å². The van der Waals surface area contributed by atoms with Gasteiger partial charge >= 0.3 is 0 Å². The Bertz CT molecular complexity index is 616. The maximum absolute atomic E-state index is 11.8. The molecule has 92 valence electrons. The van der Waals surface area contributed by atoms with Gasteiger partial charge in [-0.05, 0) is 33.8 Å². The van der Waals surface area contributed by atoms with E-state index < -0.39 is 0 Å². The number of hydrogen-bond donors (Lipinski definition) is 2. The topological polar surface area (TPSA) is 76.7 Å². The molecule has 0 spiro atoms. The van der Waals surface area contributed by atoms with Gasteiger partial charge in [-0.3, -0.25) is 4.79 Å². The number of aromatic amines is 1. The van der Waals surface area contributed by atoms with E-state index in [0.717, 1.165) is 16.7 Å². The number of aromatic nitrogens is 3. The summed E-state index contributed by atoms with van der Waals surface area (Å²) < 4.78 is 1.85. The van der Waals surface area contributed by atoms with Gasteiger partial charge in [-0.2, -0.15) is 5.10 Å². The summed E-state index contributed by atoms with van der Waals surface area (Å²) in [6, 6.07) is 1.83. The average molecular weight is 234 g/mol. The lowest BCUT2D eigenvalue weighted by atomic mass is 10.1. The molecular formula is C12H18N4O. The number of H-pyrrole nitrogens is 1. The lowest BCUT2D eigenvalue weighted by Crippen LogP contribution is -2.25. The van der Waals surface area contributed by atoms with E-state index in [1.54, 1.807) is 0 Å². The number of nitrogens with zero attached hydrogens (tertiary/aromatic N) is 2. The Morgan fingerprint density at radius 2 is 2.12 bits per heavy atom. The van der Waals surface area contributed by atoms with Crippen LogP contribution in [0.5, 0.6) is 0 Å². The molecule has 2 rings (SSSR count). The van der Waals surface area contributed by atoms with Crippen molar-refractivity contribution < 1.29 is 0 Å². The standard InChI is InChI=1S/C12H18N4O/c1-7-9-5-8(6-13)11(17)14-10(9)16(15-7)12(2,3)4/h5H,6,13H2,1-4H3,(H,14,17). The van der Waals surface area contributed by atoms with E-state index in [4.69, 9.17) is 5.73 Å². The Hall–Kier alpha value is -1.62. The zero-order valence-corrected chi connectivity index (χ0v) is 10.7. The van der Waals surface area contributed by atoms with Crippen molar-refractivity contribution in [3.8, 4) is 0 Å². The summed E-state index contributed by atoms with van der Waals surface area (Å²) in [6.45, 7) is 8.32. The molecule has 0 aliphatic rings. The van der Waals surface area contributed by atoms with Gasteiger partial charge in [0.25, 0.3) is 5.56 Å². The fourth-order valence-electron chi connectivity index (χ4n) is 1.90. The molecule has 0 aromatic carbocycles. The van der Waals surface area contributed by atoms with Gasteiger partial charge in [-0.25, -0.2) is 4.68 Å². The summed E-state index contributed by atoms with van der Waals surface area (Å²) in [5, 5.41) is 5.44. The zero-order chi connectivity index (χ0) is 12.8. The fraction of sp³-hybridized carbons (Fsp3) is 0.500. The van der Waals surface area contributed by atoms with Crippen LogP contribution in [0.25, 0.3) is 11.0 Å². The quantitative estimate of drug-likeness (QED) is 0.779. The molecule has 0 fully saturated rings. The highest BCUT2D eigenvalue weighted by molar-refractivity contribution is 5.78. The molecule has 2 aromatic heterocycles. The van der Waals surface area contributed by atoms with Crippen LogP contribution in [0.1, 0.15) is 32.0 Å². The molecule has 0 amide bonds. The number of nitrogens with two attached hydrogens (primary N) is 1. The van der Waals surface area contributed by atoms with Gasteiger partial charge in [0.1, 0.15) is 5.65 Å². The normalized spacial score (nSPS) is 12.3. The first-order valence-electron chi connectivity index (χ1n) is 5.66. The molecule has 0 unspecified atom stereocenters. The first-order chi connectivity index (χ1) is 7.84. The zero-order valence-electron chi connectivity index (χ0n) is 10.7. The lowest BCUT2D eigenvalue weighted by Gasteiger charge is -2.20. The predicted molar refractivity (Wildman–Crippen MR) is 68.0 cm³/mol. The van der Waals surface area contributed by atoms with Crippen LogP contribution in [0.2, 0.25) is 0 Å². The van der Waals surface area contributed by atoms with Crippen LogP contribution < -0.4 is 11.3 Å². The average Bonchev–Trinajstić information content (AvgIpc) is 2.54. The summed E-state index contributed by atoms with van der Waals surface area (Å²) >= 11 is 0.